The maximum atomic E-state index is 11.6. The molecule has 2 rings (SSSR count). The van der Waals surface area contributed by atoms with Crippen LogP contribution in [0, 0.1) is 0 Å². The third kappa shape index (κ3) is 3.89. The molecule has 6 heteroatoms. The molecular weight excluding hydrogens is 242 g/mol. The van der Waals surface area contributed by atoms with Crippen molar-refractivity contribution in [2.24, 2.45) is 0 Å². The van der Waals surface area contributed by atoms with Crippen LogP contribution in [0.1, 0.15) is 29.8 Å². The fraction of sp³-hybridized carbons (Fsp3) is 0.615. The molecule has 0 bridgehead atoms. The second-order valence-electron chi connectivity index (χ2n) is 5.01. The summed E-state index contributed by atoms with van der Waals surface area (Å²) in [6.45, 7) is 2.00. The maximum absolute atomic E-state index is 11.6. The van der Waals surface area contributed by atoms with Crippen LogP contribution in [0.15, 0.2) is 12.1 Å². The summed E-state index contributed by atoms with van der Waals surface area (Å²) in [7, 11) is 3.40. The van der Waals surface area contributed by atoms with Crippen molar-refractivity contribution in [3.63, 3.8) is 0 Å². The van der Waals surface area contributed by atoms with Crippen molar-refractivity contribution in [3.8, 4) is 0 Å². The van der Waals surface area contributed by atoms with Crippen LogP contribution in [0.3, 0.4) is 0 Å². The Kier molecular flexibility index (Phi) is 4.68. The van der Waals surface area contributed by atoms with Gasteiger partial charge in [-0.3, -0.25) is 4.79 Å². The van der Waals surface area contributed by atoms with Gasteiger partial charge in [-0.2, -0.15) is 0 Å². The smallest absolute Gasteiger partial charge is 0.273 e. The Labute approximate surface area is 113 Å². The summed E-state index contributed by atoms with van der Waals surface area (Å²) in [5.74, 6) is 0.586. The first-order chi connectivity index (χ1) is 9.16. The number of nitrogens with one attached hydrogen (secondary N) is 2. The Morgan fingerprint density at radius 2 is 2.32 bits per heavy atom. The molecule has 1 aromatic heterocycles. The van der Waals surface area contributed by atoms with Gasteiger partial charge >= 0.3 is 0 Å². The van der Waals surface area contributed by atoms with E-state index in [4.69, 9.17) is 0 Å². The molecule has 1 aliphatic rings. The molecule has 1 saturated heterocycles. The zero-order chi connectivity index (χ0) is 13.7. The van der Waals surface area contributed by atoms with Gasteiger partial charge in [0.15, 0.2) is 5.69 Å². The highest BCUT2D eigenvalue weighted by atomic mass is 16.2. The van der Waals surface area contributed by atoms with E-state index < -0.39 is 0 Å². The fourth-order valence-corrected chi connectivity index (χ4v) is 2.15. The number of nitrogens with zero attached hydrogens (tertiary/aromatic N) is 3. The normalized spacial score (nSPS) is 18.3. The van der Waals surface area contributed by atoms with Gasteiger partial charge in [0.05, 0.1) is 0 Å². The molecule has 1 atom stereocenters. The summed E-state index contributed by atoms with van der Waals surface area (Å²) < 4.78 is 0. The lowest BCUT2D eigenvalue weighted by Gasteiger charge is -2.11. The van der Waals surface area contributed by atoms with Gasteiger partial charge < -0.3 is 15.5 Å². The van der Waals surface area contributed by atoms with Gasteiger partial charge in [-0.1, -0.05) is 0 Å². The average molecular weight is 263 g/mol. The maximum Gasteiger partial charge on any atom is 0.273 e. The van der Waals surface area contributed by atoms with Gasteiger partial charge in [-0.05, 0) is 37.9 Å². The highest BCUT2D eigenvalue weighted by molar-refractivity contribution is 5.91. The van der Waals surface area contributed by atoms with Crippen LogP contribution in [-0.2, 0) is 0 Å². The monoisotopic (exact) mass is 263 g/mol. The third-order valence-electron chi connectivity index (χ3n) is 3.25. The van der Waals surface area contributed by atoms with Gasteiger partial charge in [0.2, 0.25) is 0 Å². The topological polar surface area (TPSA) is 70.2 Å². The van der Waals surface area contributed by atoms with Crippen molar-refractivity contribution in [3.05, 3.63) is 17.8 Å². The minimum absolute atomic E-state index is 0.130. The summed E-state index contributed by atoms with van der Waals surface area (Å²) >= 11 is 0. The lowest BCUT2D eigenvalue weighted by molar-refractivity contribution is 0.0821. The second-order valence-corrected chi connectivity index (χ2v) is 5.01. The lowest BCUT2D eigenvalue weighted by atomic mass is 10.1. The molecule has 2 N–H and O–H groups in total. The van der Waals surface area contributed by atoms with E-state index in [-0.39, 0.29) is 5.91 Å². The van der Waals surface area contributed by atoms with E-state index in [0.717, 1.165) is 19.5 Å². The number of hydrogen-bond donors (Lipinski definition) is 2. The molecule has 1 aliphatic heterocycles. The van der Waals surface area contributed by atoms with Crippen LogP contribution in [0.5, 0.6) is 0 Å². The highest BCUT2D eigenvalue weighted by Crippen LogP contribution is 2.09. The van der Waals surface area contributed by atoms with E-state index in [0.29, 0.717) is 17.6 Å². The van der Waals surface area contributed by atoms with E-state index in [1.165, 1.54) is 17.7 Å². The van der Waals surface area contributed by atoms with E-state index in [2.05, 4.69) is 20.8 Å². The first kappa shape index (κ1) is 13.7. The zero-order valence-corrected chi connectivity index (χ0v) is 11.5. The Bertz CT molecular complexity index is 412. The average Bonchev–Trinajstić information content (AvgIpc) is 2.92. The molecule has 0 aliphatic carbocycles. The van der Waals surface area contributed by atoms with Crippen molar-refractivity contribution in [2.45, 2.75) is 25.3 Å². The van der Waals surface area contributed by atoms with Crippen LogP contribution in [0.2, 0.25) is 0 Å². The largest absolute Gasteiger partial charge is 0.369 e. The molecule has 0 spiro atoms. The van der Waals surface area contributed by atoms with Crippen molar-refractivity contribution < 1.29 is 4.79 Å². The van der Waals surface area contributed by atoms with Gasteiger partial charge in [-0.15, -0.1) is 10.2 Å². The van der Waals surface area contributed by atoms with E-state index in [1.54, 1.807) is 26.2 Å². The molecule has 0 aromatic carbocycles. The van der Waals surface area contributed by atoms with Crippen molar-refractivity contribution in [1.29, 1.82) is 0 Å². The number of rotatable bonds is 5. The van der Waals surface area contributed by atoms with Crippen molar-refractivity contribution in [1.82, 2.24) is 20.4 Å². The Hall–Kier alpha value is -1.69. The first-order valence-corrected chi connectivity index (χ1v) is 6.69. The summed E-state index contributed by atoms with van der Waals surface area (Å²) in [6, 6.07) is 4.12. The van der Waals surface area contributed by atoms with Crippen LogP contribution in [0.25, 0.3) is 0 Å². The molecule has 0 saturated carbocycles. The van der Waals surface area contributed by atoms with Crippen LogP contribution < -0.4 is 10.6 Å². The Balaban J connectivity index is 1.79. The van der Waals surface area contributed by atoms with Gasteiger partial charge in [0.25, 0.3) is 5.91 Å². The van der Waals surface area contributed by atoms with E-state index >= 15 is 0 Å². The van der Waals surface area contributed by atoms with Crippen molar-refractivity contribution in [2.75, 3.05) is 32.5 Å². The molecule has 6 nitrogen and oxygen atoms in total. The number of hydrogen-bond acceptors (Lipinski definition) is 5. The second kappa shape index (κ2) is 6.47. The summed E-state index contributed by atoms with van der Waals surface area (Å²) in [4.78, 5) is 13.1. The molecule has 1 fully saturated rings. The molecule has 19 heavy (non-hydrogen) atoms. The van der Waals surface area contributed by atoms with Crippen LogP contribution in [0.4, 0.5) is 5.82 Å². The van der Waals surface area contributed by atoms with E-state index in [1.807, 2.05) is 0 Å². The fourth-order valence-electron chi connectivity index (χ4n) is 2.15. The third-order valence-corrected chi connectivity index (χ3v) is 3.25. The number of carbonyl (C=O) groups is 1. The minimum Gasteiger partial charge on any atom is -0.369 e. The molecule has 1 amide bonds. The standard InChI is InChI=1S/C13H21N5O/c1-18(2)13(19)11-5-6-12(17-16-11)15-9-7-10-4-3-8-14-10/h5-6,10,14H,3-4,7-9H2,1-2H3,(H,15,17). The number of aromatic nitrogens is 2. The van der Waals surface area contributed by atoms with Crippen molar-refractivity contribution >= 4 is 11.7 Å². The summed E-state index contributed by atoms with van der Waals surface area (Å²) in [5, 5.41) is 14.6. The number of carbonyl (C=O) groups excluding carboxylic acids is 1. The lowest BCUT2D eigenvalue weighted by Crippen LogP contribution is -2.24. The zero-order valence-electron chi connectivity index (χ0n) is 11.5. The molecule has 2 heterocycles. The number of amides is 1. The SMILES string of the molecule is CN(C)C(=O)c1ccc(NCCC2CCCN2)nn1. The Morgan fingerprint density at radius 1 is 1.47 bits per heavy atom. The quantitative estimate of drug-likeness (QED) is 0.819. The van der Waals surface area contributed by atoms with E-state index in [9.17, 15) is 4.79 Å². The molecule has 104 valence electrons. The van der Waals surface area contributed by atoms with Gasteiger partial charge in [0.1, 0.15) is 5.82 Å². The molecule has 1 unspecified atom stereocenters. The highest BCUT2D eigenvalue weighted by Gasteiger charge is 2.13. The number of anilines is 1. The van der Waals surface area contributed by atoms with Gasteiger partial charge in [-0.25, -0.2) is 0 Å². The predicted molar refractivity (Wildman–Crippen MR) is 74.2 cm³/mol. The molecular formula is C13H21N5O. The summed E-state index contributed by atoms with van der Waals surface area (Å²) in [6.07, 6.45) is 3.61. The van der Waals surface area contributed by atoms with Crippen LogP contribution in [-0.4, -0.2) is 54.2 Å². The minimum atomic E-state index is -0.130. The molecule has 0 radical (unpaired) electrons. The van der Waals surface area contributed by atoms with Crippen LogP contribution >= 0.6 is 0 Å². The molecule has 1 aromatic rings. The first-order valence-electron chi connectivity index (χ1n) is 6.69. The Morgan fingerprint density at radius 3 is 2.89 bits per heavy atom. The van der Waals surface area contributed by atoms with Gasteiger partial charge in [0, 0.05) is 26.7 Å². The summed E-state index contributed by atoms with van der Waals surface area (Å²) in [5.41, 5.74) is 0.369. The predicted octanol–water partition coefficient (Wildman–Crippen LogP) is 0.732.